The van der Waals surface area contributed by atoms with E-state index in [1.165, 1.54) is 17.8 Å². The predicted octanol–water partition coefficient (Wildman–Crippen LogP) is 6.26. The normalized spacial score (nSPS) is 22.9. The topological polar surface area (TPSA) is 108 Å². The average molecular weight is 592 g/mol. The van der Waals surface area contributed by atoms with E-state index in [9.17, 15) is 27.6 Å². The lowest BCUT2D eigenvalue weighted by atomic mass is 9.80. The Morgan fingerprint density at radius 1 is 1.10 bits per heavy atom. The fourth-order valence-corrected chi connectivity index (χ4v) is 6.72. The molecule has 1 aromatic heterocycles. The molecule has 3 aliphatic rings. The lowest BCUT2D eigenvalue weighted by Crippen LogP contribution is -2.46. The zero-order valence-corrected chi connectivity index (χ0v) is 24.1. The molecule has 0 bridgehead atoms. The zero-order chi connectivity index (χ0) is 29.5. The Balaban J connectivity index is 1.47. The Morgan fingerprint density at radius 2 is 1.78 bits per heavy atom. The molecule has 1 atom stereocenters. The number of nitrogens with zero attached hydrogens (tertiary/aromatic N) is 1. The summed E-state index contributed by atoms with van der Waals surface area (Å²) in [4.78, 5) is 42.8. The molecule has 0 spiro atoms. The molecule has 0 saturated heterocycles. The Labute approximate surface area is 241 Å². The number of aliphatic carboxylic acids is 1. The van der Waals surface area contributed by atoms with Crippen molar-refractivity contribution < 1.29 is 32.7 Å². The first-order valence-electron chi connectivity index (χ1n) is 14.4. The number of carboxylic acids is 1. The highest BCUT2D eigenvalue weighted by atomic mass is 32.1. The summed E-state index contributed by atoms with van der Waals surface area (Å²) in [5.41, 5.74) is 2.32. The number of rotatable bonds is 9. The van der Waals surface area contributed by atoms with Gasteiger partial charge in [-0.05, 0) is 79.7 Å². The minimum absolute atomic E-state index is 0.152. The minimum Gasteiger partial charge on any atom is -0.481 e. The molecule has 2 amide bonds. The third-order valence-corrected chi connectivity index (χ3v) is 10.1. The summed E-state index contributed by atoms with van der Waals surface area (Å²) < 4.78 is 39.6. The maximum Gasteiger partial charge on any atom is 0.408 e. The van der Waals surface area contributed by atoms with Gasteiger partial charge in [-0.1, -0.05) is 39.0 Å². The van der Waals surface area contributed by atoms with Crippen LogP contribution in [0.1, 0.15) is 103 Å². The van der Waals surface area contributed by atoms with Gasteiger partial charge in [0.25, 0.3) is 11.8 Å². The highest BCUT2D eigenvalue weighted by molar-refractivity contribution is 7.17. The number of hydrogen-bond acceptors (Lipinski definition) is 5. The number of thiazole rings is 1. The molecule has 41 heavy (non-hydrogen) atoms. The highest BCUT2D eigenvalue weighted by Crippen LogP contribution is 2.49. The Morgan fingerprint density at radius 3 is 2.39 bits per heavy atom. The SMILES string of the molecule is C[C@@H](NC(=O)c1cc(-c2sc(C(=O)NC3CC(C(=O)O)C3)nc2CC2CCCCC2)cc(C2(C)CC2)c1)C(F)(F)F. The number of halogens is 3. The third kappa shape index (κ3) is 6.76. The third-order valence-electron chi connectivity index (χ3n) is 8.91. The van der Waals surface area contributed by atoms with Crippen LogP contribution in [0.25, 0.3) is 10.4 Å². The van der Waals surface area contributed by atoms with Gasteiger partial charge in [-0.2, -0.15) is 13.2 Å². The van der Waals surface area contributed by atoms with Crippen LogP contribution < -0.4 is 10.6 Å². The first kappa shape index (κ1) is 29.5. The fourth-order valence-electron chi connectivity index (χ4n) is 5.74. The van der Waals surface area contributed by atoms with Gasteiger partial charge in [0.2, 0.25) is 0 Å². The van der Waals surface area contributed by atoms with Gasteiger partial charge in [-0.3, -0.25) is 14.4 Å². The van der Waals surface area contributed by atoms with Gasteiger partial charge in [-0.25, -0.2) is 4.98 Å². The molecule has 3 aliphatic carbocycles. The Kier molecular flexibility index (Phi) is 8.20. The van der Waals surface area contributed by atoms with Gasteiger partial charge in [-0.15, -0.1) is 11.3 Å². The molecule has 11 heteroatoms. The summed E-state index contributed by atoms with van der Waals surface area (Å²) in [6, 6.07) is 3.06. The van der Waals surface area contributed by atoms with Gasteiger partial charge in [0, 0.05) is 11.6 Å². The summed E-state index contributed by atoms with van der Waals surface area (Å²) in [5.74, 6) is -2.05. The smallest absolute Gasteiger partial charge is 0.408 e. The van der Waals surface area contributed by atoms with Crippen molar-refractivity contribution in [1.29, 1.82) is 0 Å². The molecule has 0 unspecified atom stereocenters. The number of alkyl halides is 3. The Hall–Kier alpha value is -2.95. The molecule has 7 nitrogen and oxygen atoms in total. The number of nitrogens with one attached hydrogen (secondary N) is 2. The summed E-state index contributed by atoms with van der Waals surface area (Å²) in [5, 5.41) is 14.4. The standard InChI is InChI=1S/C30H36F3N3O4S/c1-16(30(31,32)33)34-25(37)19-11-18(12-21(13-19)29(2)8-9-29)24-23(10-17-6-4-3-5-7-17)36-27(41-24)26(38)35-22-14-20(15-22)28(39)40/h11-13,16-17,20,22H,3-10,14-15H2,1-2H3,(H,34,37)(H,35,38)(H,39,40)/t16-,20?,22?/m1/s1. The van der Waals surface area contributed by atoms with Crippen LogP contribution in [0, 0.1) is 11.8 Å². The first-order valence-corrected chi connectivity index (χ1v) is 15.2. The quantitative estimate of drug-likeness (QED) is 0.319. The molecule has 5 rings (SSSR count). The maximum absolute atomic E-state index is 13.2. The van der Waals surface area contributed by atoms with Crippen molar-refractivity contribution in [1.82, 2.24) is 15.6 Å². The van der Waals surface area contributed by atoms with E-state index in [4.69, 9.17) is 10.1 Å². The van der Waals surface area contributed by atoms with E-state index in [0.29, 0.717) is 30.7 Å². The lowest BCUT2D eigenvalue weighted by molar-refractivity contribution is -0.149. The van der Waals surface area contributed by atoms with Crippen molar-refractivity contribution in [3.05, 3.63) is 40.0 Å². The molecule has 3 saturated carbocycles. The molecule has 222 valence electrons. The van der Waals surface area contributed by atoms with E-state index in [-0.39, 0.29) is 27.9 Å². The summed E-state index contributed by atoms with van der Waals surface area (Å²) in [6.45, 7) is 2.99. The van der Waals surface area contributed by atoms with E-state index >= 15 is 0 Å². The molecule has 3 N–H and O–H groups in total. The van der Waals surface area contributed by atoms with Gasteiger partial charge in [0.1, 0.15) is 6.04 Å². The van der Waals surface area contributed by atoms with Gasteiger partial charge in [0.05, 0.1) is 16.5 Å². The largest absolute Gasteiger partial charge is 0.481 e. The number of carbonyl (C=O) groups is 3. The van der Waals surface area contributed by atoms with E-state index < -0.39 is 30.0 Å². The van der Waals surface area contributed by atoms with Crippen molar-refractivity contribution in [2.45, 2.75) is 102 Å². The van der Waals surface area contributed by atoms with Crippen LogP contribution in [0.15, 0.2) is 18.2 Å². The monoisotopic (exact) mass is 591 g/mol. The molecule has 0 aliphatic heterocycles. The van der Waals surface area contributed by atoms with Crippen molar-refractivity contribution in [3.8, 4) is 10.4 Å². The summed E-state index contributed by atoms with van der Waals surface area (Å²) in [6.07, 6.45) is 4.32. The van der Waals surface area contributed by atoms with Crippen LogP contribution >= 0.6 is 11.3 Å². The first-order chi connectivity index (χ1) is 19.3. The lowest BCUT2D eigenvalue weighted by Gasteiger charge is -2.32. The molecule has 1 aromatic carbocycles. The van der Waals surface area contributed by atoms with Crippen LogP contribution in [0.3, 0.4) is 0 Å². The molecule has 2 aromatic rings. The van der Waals surface area contributed by atoms with Gasteiger partial charge >= 0.3 is 12.1 Å². The molecule has 0 radical (unpaired) electrons. The summed E-state index contributed by atoms with van der Waals surface area (Å²) >= 11 is 1.22. The van der Waals surface area contributed by atoms with E-state index in [1.807, 2.05) is 6.07 Å². The van der Waals surface area contributed by atoms with E-state index in [0.717, 1.165) is 61.6 Å². The molecule has 3 fully saturated rings. The predicted molar refractivity (Wildman–Crippen MR) is 149 cm³/mol. The second kappa shape index (κ2) is 11.4. The number of amides is 2. The Bertz CT molecular complexity index is 1320. The second-order valence-corrected chi connectivity index (χ2v) is 13.3. The number of benzene rings is 1. The number of carboxylic acid groups (broad SMARTS) is 1. The molecular weight excluding hydrogens is 555 g/mol. The maximum atomic E-state index is 13.2. The van der Waals surface area contributed by atoms with Crippen molar-refractivity contribution in [3.63, 3.8) is 0 Å². The van der Waals surface area contributed by atoms with Crippen LogP contribution in [0.2, 0.25) is 0 Å². The van der Waals surface area contributed by atoms with Gasteiger partial charge in [0.15, 0.2) is 5.01 Å². The number of aromatic nitrogens is 1. The minimum atomic E-state index is -4.56. The van der Waals surface area contributed by atoms with E-state index in [1.54, 1.807) is 12.1 Å². The average Bonchev–Trinajstić information content (AvgIpc) is 3.51. The van der Waals surface area contributed by atoms with Crippen molar-refractivity contribution >= 4 is 29.1 Å². The van der Waals surface area contributed by atoms with Crippen LogP contribution in [0.5, 0.6) is 0 Å². The molecular formula is C30H36F3N3O4S. The van der Waals surface area contributed by atoms with Crippen LogP contribution in [0.4, 0.5) is 13.2 Å². The number of hydrogen-bond donors (Lipinski definition) is 3. The zero-order valence-electron chi connectivity index (χ0n) is 23.3. The fraction of sp³-hybridized carbons (Fsp3) is 0.600. The van der Waals surface area contributed by atoms with Crippen molar-refractivity contribution in [2.24, 2.45) is 11.8 Å². The van der Waals surface area contributed by atoms with E-state index in [2.05, 4.69) is 17.6 Å². The van der Waals surface area contributed by atoms with Gasteiger partial charge < -0.3 is 15.7 Å². The summed E-state index contributed by atoms with van der Waals surface area (Å²) in [7, 11) is 0. The second-order valence-electron chi connectivity index (χ2n) is 12.3. The number of carbonyl (C=O) groups excluding carboxylic acids is 2. The van der Waals surface area contributed by atoms with Crippen molar-refractivity contribution in [2.75, 3.05) is 0 Å². The molecule has 1 heterocycles. The highest BCUT2D eigenvalue weighted by Gasteiger charge is 2.41. The van der Waals surface area contributed by atoms with Crippen LogP contribution in [-0.4, -0.2) is 46.1 Å². The van der Waals surface area contributed by atoms with Crippen LogP contribution in [-0.2, 0) is 16.6 Å².